The molecule has 0 aliphatic carbocycles. The molecule has 3 aromatic rings. The molecule has 0 unspecified atom stereocenters. The number of nitrogens with zero attached hydrogens (tertiary/aromatic N) is 5. The molecule has 0 amide bonds. The first-order valence-electron chi connectivity index (χ1n) is 12.3. The van der Waals surface area contributed by atoms with Gasteiger partial charge >= 0.3 is 0 Å². The third kappa shape index (κ3) is 5.97. The number of nitrogens with one attached hydrogen (secondary N) is 1. The van der Waals surface area contributed by atoms with Crippen LogP contribution in [-0.4, -0.2) is 72.6 Å². The van der Waals surface area contributed by atoms with Gasteiger partial charge in [-0.1, -0.05) is 0 Å². The largest absolute Gasteiger partial charge is 0.493 e. The van der Waals surface area contributed by atoms with Gasteiger partial charge in [0.15, 0.2) is 11.5 Å². The van der Waals surface area contributed by atoms with Crippen LogP contribution in [0.3, 0.4) is 0 Å². The van der Waals surface area contributed by atoms with Crippen LogP contribution in [0.1, 0.15) is 24.1 Å². The number of anilines is 2. The zero-order chi connectivity index (χ0) is 25.6. The molecule has 10 heteroatoms. The summed E-state index contributed by atoms with van der Waals surface area (Å²) in [5.41, 5.74) is 3.56. The van der Waals surface area contributed by atoms with E-state index in [2.05, 4.69) is 31.2 Å². The van der Waals surface area contributed by atoms with Gasteiger partial charge in [0.1, 0.15) is 12.2 Å². The van der Waals surface area contributed by atoms with Gasteiger partial charge in [-0.15, -0.1) is 0 Å². The zero-order valence-electron chi connectivity index (χ0n) is 21.0. The highest BCUT2D eigenvalue weighted by molar-refractivity contribution is 5.69. The number of benzene rings is 1. The van der Waals surface area contributed by atoms with Crippen LogP contribution in [0.5, 0.6) is 11.5 Å². The second kappa shape index (κ2) is 11.5. The lowest BCUT2D eigenvalue weighted by molar-refractivity contribution is -0.0339. The van der Waals surface area contributed by atoms with Crippen LogP contribution in [0.2, 0.25) is 0 Å². The van der Waals surface area contributed by atoms with Crippen molar-refractivity contribution in [1.29, 1.82) is 5.26 Å². The van der Waals surface area contributed by atoms with E-state index in [1.165, 1.54) is 0 Å². The van der Waals surface area contributed by atoms with Gasteiger partial charge in [0.25, 0.3) is 0 Å². The summed E-state index contributed by atoms with van der Waals surface area (Å²) in [6.45, 7) is 3.95. The van der Waals surface area contributed by atoms with Crippen LogP contribution in [-0.2, 0) is 16.0 Å². The first-order chi connectivity index (χ1) is 18.1. The fourth-order valence-corrected chi connectivity index (χ4v) is 4.40. The summed E-state index contributed by atoms with van der Waals surface area (Å²) in [6.07, 6.45) is 5.32. The first-order valence-corrected chi connectivity index (χ1v) is 12.3. The number of likely N-dealkylation sites (tertiary alicyclic amines) is 1. The van der Waals surface area contributed by atoms with Crippen molar-refractivity contribution in [2.45, 2.75) is 31.6 Å². The number of pyridine rings is 1. The van der Waals surface area contributed by atoms with Gasteiger partial charge in [0.05, 0.1) is 55.3 Å². The highest BCUT2D eigenvalue weighted by Crippen LogP contribution is 2.37. The maximum absolute atomic E-state index is 9.84. The van der Waals surface area contributed by atoms with Crippen LogP contribution >= 0.6 is 0 Å². The highest BCUT2D eigenvalue weighted by atomic mass is 16.5. The van der Waals surface area contributed by atoms with E-state index in [9.17, 15) is 5.26 Å². The lowest BCUT2D eigenvalue weighted by atomic mass is 10.1. The Morgan fingerprint density at radius 3 is 2.65 bits per heavy atom. The van der Waals surface area contributed by atoms with E-state index < -0.39 is 0 Å². The predicted molar refractivity (Wildman–Crippen MR) is 137 cm³/mol. The highest BCUT2D eigenvalue weighted by Gasteiger charge is 2.26. The van der Waals surface area contributed by atoms with Crippen molar-refractivity contribution in [1.82, 2.24) is 19.9 Å². The van der Waals surface area contributed by atoms with Crippen LogP contribution in [0.25, 0.3) is 11.3 Å². The summed E-state index contributed by atoms with van der Waals surface area (Å²) in [5, 5.41) is 13.0. The molecule has 2 fully saturated rings. The molecule has 192 valence electrons. The van der Waals surface area contributed by atoms with Crippen molar-refractivity contribution in [2.75, 3.05) is 45.8 Å². The molecular weight excluding hydrogens is 472 g/mol. The van der Waals surface area contributed by atoms with Crippen molar-refractivity contribution in [3.63, 3.8) is 0 Å². The molecule has 0 radical (unpaired) electrons. The Morgan fingerprint density at radius 1 is 1.11 bits per heavy atom. The molecule has 2 aliphatic heterocycles. The molecule has 0 spiro atoms. The molecule has 2 saturated heterocycles. The summed E-state index contributed by atoms with van der Waals surface area (Å²) in [7, 11) is 3.31. The Bertz CT molecular complexity index is 1250. The van der Waals surface area contributed by atoms with Gasteiger partial charge in [-0.3, -0.25) is 9.88 Å². The van der Waals surface area contributed by atoms with Crippen LogP contribution in [0.4, 0.5) is 11.6 Å². The SMILES string of the molecule is COc1cc(-c2ccnc(Nc3ccc(CN4CC(OC)C4)nc3)n2)cc(C#N)c1OC1CCOCC1. The van der Waals surface area contributed by atoms with E-state index in [0.717, 1.165) is 49.4 Å². The van der Waals surface area contributed by atoms with Crippen molar-refractivity contribution in [3.05, 3.63) is 54.0 Å². The van der Waals surface area contributed by atoms with Gasteiger partial charge in [0.2, 0.25) is 5.95 Å². The fraction of sp³-hybridized carbons (Fsp3) is 0.407. The summed E-state index contributed by atoms with van der Waals surface area (Å²) in [5.74, 6) is 1.38. The Balaban J connectivity index is 1.30. The van der Waals surface area contributed by atoms with Crippen molar-refractivity contribution < 1.29 is 18.9 Å². The molecule has 37 heavy (non-hydrogen) atoms. The van der Waals surface area contributed by atoms with Gasteiger partial charge in [-0.2, -0.15) is 5.26 Å². The van der Waals surface area contributed by atoms with Crippen LogP contribution in [0.15, 0.2) is 42.7 Å². The third-order valence-corrected chi connectivity index (χ3v) is 6.52. The van der Waals surface area contributed by atoms with Crippen LogP contribution in [0, 0.1) is 11.3 Å². The van der Waals surface area contributed by atoms with Crippen molar-refractivity contribution in [2.24, 2.45) is 0 Å². The van der Waals surface area contributed by atoms with Gasteiger partial charge in [0, 0.05) is 51.3 Å². The lowest BCUT2D eigenvalue weighted by Gasteiger charge is -2.37. The molecule has 5 rings (SSSR count). The van der Waals surface area contributed by atoms with E-state index >= 15 is 0 Å². The number of ether oxygens (including phenoxy) is 4. The minimum Gasteiger partial charge on any atom is -0.493 e. The van der Waals surface area contributed by atoms with Crippen molar-refractivity contribution in [3.8, 4) is 28.8 Å². The topological polar surface area (TPSA) is 115 Å². The number of rotatable bonds is 9. The maximum atomic E-state index is 9.84. The summed E-state index contributed by atoms with van der Waals surface area (Å²) < 4.78 is 22.5. The van der Waals surface area contributed by atoms with E-state index in [-0.39, 0.29) is 6.10 Å². The van der Waals surface area contributed by atoms with Crippen molar-refractivity contribution >= 4 is 11.6 Å². The standard InChI is InChI=1S/C27H30N6O4/c1-34-23-16-33(17-23)15-21-4-3-20(14-30-21)31-27-29-8-5-24(32-27)18-11-19(13-28)26(25(12-18)35-2)37-22-6-9-36-10-7-22/h3-5,8,11-12,14,22-23H,6-7,9-10,15-17H2,1-2H3,(H,29,31,32). The second-order valence-corrected chi connectivity index (χ2v) is 9.08. The second-order valence-electron chi connectivity index (χ2n) is 9.08. The van der Waals surface area contributed by atoms with Gasteiger partial charge in [-0.25, -0.2) is 9.97 Å². The van der Waals surface area contributed by atoms with E-state index in [0.29, 0.717) is 48.0 Å². The molecular formula is C27H30N6O4. The minimum atomic E-state index is -0.0105. The van der Waals surface area contributed by atoms with E-state index in [1.54, 1.807) is 38.7 Å². The number of nitriles is 1. The lowest BCUT2D eigenvalue weighted by Crippen LogP contribution is -2.51. The number of hydrogen-bond donors (Lipinski definition) is 1. The Hall–Kier alpha value is -3.78. The number of hydrogen-bond acceptors (Lipinski definition) is 10. The smallest absolute Gasteiger partial charge is 0.227 e. The molecule has 10 nitrogen and oxygen atoms in total. The molecule has 2 aromatic heterocycles. The fourth-order valence-electron chi connectivity index (χ4n) is 4.40. The van der Waals surface area contributed by atoms with E-state index in [4.69, 9.17) is 18.9 Å². The average Bonchev–Trinajstić information content (AvgIpc) is 2.92. The maximum Gasteiger partial charge on any atom is 0.227 e. The Kier molecular flexibility index (Phi) is 7.75. The van der Waals surface area contributed by atoms with Gasteiger partial charge in [-0.05, 0) is 30.3 Å². The number of methoxy groups -OCH3 is 2. The zero-order valence-corrected chi connectivity index (χ0v) is 21.0. The Labute approximate surface area is 216 Å². The predicted octanol–water partition coefficient (Wildman–Crippen LogP) is 3.55. The molecule has 1 N–H and O–H groups in total. The number of aromatic nitrogens is 3. The monoisotopic (exact) mass is 502 g/mol. The molecule has 0 bridgehead atoms. The molecule has 4 heterocycles. The van der Waals surface area contributed by atoms with Gasteiger partial charge < -0.3 is 24.3 Å². The molecule has 2 aliphatic rings. The quantitative estimate of drug-likeness (QED) is 0.466. The molecule has 0 saturated carbocycles. The molecule has 1 aromatic carbocycles. The normalized spacial score (nSPS) is 16.6. The average molecular weight is 503 g/mol. The summed E-state index contributed by atoms with van der Waals surface area (Å²) in [4.78, 5) is 15.8. The summed E-state index contributed by atoms with van der Waals surface area (Å²) >= 11 is 0. The molecule has 0 atom stereocenters. The minimum absolute atomic E-state index is 0.0105. The third-order valence-electron chi connectivity index (χ3n) is 6.52. The Morgan fingerprint density at radius 2 is 1.95 bits per heavy atom. The summed E-state index contributed by atoms with van der Waals surface area (Å²) in [6, 6.07) is 11.6. The first kappa shape index (κ1) is 24.9. The van der Waals surface area contributed by atoms with Crippen LogP contribution < -0.4 is 14.8 Å². The van der Waals surface area contributed by atoms with E-state index in [1.807, 2.05) is 18.2 Å².